The fourth-order valence-electron chi connectivity index (χ4n) is 2.97. The average molecular weight is 343 g/mol. The maximum Gasteiger partial charge on any atom is 0.266 e. The molecule has 0 fully saturated rings. The zero-order valence-electron chi connectivity index (χ0n) is 14.3. The summed E-state index contributed by atoms with van der Waals surface area (Å²) in [7, 11) is 0. The van der Waals surface area contributed by atoms with E-state index >= 15 is 0 Å². The van der Waals surface area contributed by atoms with Gasteiger partial charge in [-0.05, 0) is 48.9 Å². The molecule has 128 valence electrons. The summed E-state index contributed by atoms with van der Waals surface area (Å²) >= 11 is 0. The van der Waals surface area contributed by atoms with Gasteiger partial charge in [-0.25, -0.2) is 4.90 Å². The molecule has 0 aromatic heterocycles. The summed E-state index contributed by atoms with van der Waals surface area (Å²) in [5.74, 6) is 0.101. The van der Waals surface area contributed by atoms with Crippen molar-refractivity contribution in [3.8, 4) is 5.75 Å². The van der Waals surface area contributed by atoms with Crippen molar-refractivity contribution in [2.45, 2.75) is 13.5 Å². The Balaban J connectivity index is 1.49. The molecule has 0 atom stereocenters. The highest BCUT2D eigenvalue weighted by atomic mass is 16.5. The first-order valence-electron chi connectivity index (χ1n) is 8.40. The van der Waals surface area contributed by atoms with Gasteiger partial charge in [0, 0.05) is 0 Å². The Kier molecular flexibility index (Phi) is 4.01. The molecular weight excluding hydrogens is 326 g/mol. The van der Waals surface area contributed by atoms with Crippen LogP contribution in [-0.2, 0) is 6.61 Å². The van der Waals surface area contributed by atoms with Crippen molar-refractivity contribution >= 4 is 17.5 Å². The van der Waals surface area contributed by atoms with Crippen LogP contribution in [0.1, 0.15) is 31.8 Å². The van der Waals surface area contributed by atoms with Crippen LogP contribution in [0.25, 0.3) is 0 Å². The number of nitrogens with zero attached hydrogens (tertiary/aromatic N) is 1. The molecule has 1 aliphatic heterocycles. The second-order valence-corrected chi connectivity index (χ2v) is 6.26. The Hall–Kier alpha value is -3.40. The molecule has 1 heterocycles. The lowest BCUT2D eigenvalue weighted by Crippen LogP contribution is -2.29. The number of anilines is 1. The Bertz CT molecular complexity index is 940. The van der Waals surface area contributed by atoms with E-state index in [1.807, 2.05) is 31.2 Å². The van der Waals surface area contributed by atoms with Crippen molar-refractivity contribution < 1.29 is 14.3 Å². The normalized spacial score (nSPS) is 13.0. The standard InChI is InChI=1S/C22H17NO3/c1-15-6-8-16(9-7-15)14-26-18-12-10-17(11-13-18)23-21(24)19-4-2-3-5-20(19)22(23)25/h2-13H,14H2,1H3. The summed E-state index contributed by atoms with van der Waals surface area (Å²) in [6.07, 6.45) is 0. The molecule has 0 radical (unpaired) electrons. The summed E-state index contributed by atoms with van der Waals surface area (Å²) < 4.78 is 5.78. The van der Waals surface area contributed by atoms with Crippen molar-refractivity contribution in [2.75, 3.05) is 4.90 Å². The van der Waals surface area contributed by atoms with Gasteiger partial charge in [0.2, 0.25) is 0 Å². The molecule has 3 aromatic rings. The molecule has 0 spiro atoms. The number of ether oxygens (including phenoxy) is 1. The number of aryl methyl sites for hydroxylation is 1. The van der Waals surface area contributed by atoms with E-state index in [2.05, 4.69) is 0 Å². The maximum atomic E-state index is 12.5. The Morgan fingerprint density at radius 2 is 1.35 bits per heavy atom. The maximum absolute atomic E-state index is 12.5. The summed E-state index contributed by atoms with van der Waals surface area (Å²) in [4.78, 5) is 26.2. The zero-order valence-corrected chi connectivity index (χ0v) is 14.3. The summed E-state index contributed by atoms with van der Waals surface area (Å²) in [5.41, 5.74) is 3.72. The fraction of sp³-hybridized carbons (Fsp3) is 0.0909. The minimum Gasteiger partial charge on any atom is -0.489 e. The van der Waals surface area contributed by atoms with E-state index in [1.54, 1.807) is 48.5 Å². The number of hydrogen-bond donors (Lipinski definition) is 0. The molecule has 3 aromatic carbocycles. The first-order valence-corrected chi connectivity index (χ1v) is 8.40. The van der Waals surface area contributed by atoms with Crippen molar-refractivity contribution in [3.05, 3.63) is 95.1 Å². The van der Waals surface area contributed by atoms with E-state index in [9.17, 15) is 9.59 Å². The van der Waals surface area contributed by atoms with E-state index in [1.165, 1.54) is 10.5 Å². The lowest BCUT2D eigenvalue weighted by Gasteiger charge is -2.14. The average Bonchev–Trinajstić information content (AvgIpc) is 2.93. The number of hydrogen-bond acceptors (Lipinski definition) is 3. The van der Waals surface area contributed by atoms with E-state index in [-0.39, 0.29) is 11.8 Å². The van der Waals surface area contributed by atoms with Crippen molar-refractivity contribution in [1.29, 1.82) is 0 Å². The Labute approximate surface area is 151 Å². The van der Waals surface area contributed by atoms with E-state index in [4.69, 9.17) is 4.74 Å². The molecule has 4 rings (SSSR count). The van der Waals surface area contributed by atoms with Gasteiger partial charge in [0.05, 0.1) is 16.8 Å². The van der Waals surface area contributed by atoms with Crippen LogP contribution in [-0.4, -0.2) is 11.8 Å². The molecule has 0 N–H and O–H groups in total. The molecule has 0 bridgehead atoms. The van der Waals surface area contributed by atoms with Crippen LogP contribution in [0.5, 0.6) is 5.75 Å². The number of carbonyl (C=O) groups excluding carboxylic acids is 2. The number of rotatable bonds is 4. The third kappa shape index (κ3) is 2.86. The van der Waals surface area contributed by atoms with Crippen LogP contribution in [0, 0.1) is 6.92 Å². The summed E-state index contributed by atoms with van der Waals surface area (Å²) in [6, 6.07) is 22.0. The second kappa shape index (κ2) is 6.48. The van der Waals surface area contributed by atoms with Gasteiger partial charge in [0.25, 0.3) is 11.8 Å². The molecular formula is C22H17NO3. The van der Waals surface area contributed by atoms with Gasteiger partial charge in [-0.15, -0.1) is 0 Å². The monoisotopic (exact) mass is 343 g/mol. The molecule has 1 aliphatic rings. The van der Waals surface area contributed by atoms with E-state index in [0.29, 0.717) is 29.2 Å². The fourth-order valence-corrected chi connectivity index (χ4v) is 2.97. The Morgan fingerprint density at radius 3 is 1.92 bits per heavy atom. The minimum atomic E-state index is -0.293. The summed E-state index contributed by atoms with van der Waals surface area (Å²) in [5, 5.41) is 0. The van der Waals surface area contributed by atoms with Gasteiger partial charge < -0.3 is 4.74 Å². The molecule has 0 aliphatic carbocycles. The van der Waals surface area contributed by atoms with Crippen LogP contribution < -0.4 is 9.64 Å². The van der Waals surface area contributed by atoms with Gasteiger partial charge in [0.1, 0.15) is 12.4 Å². The van der Waals surface area contributed by atoms with Crippen molar-refractivity contribution in [3.63, 3.8) is 0 Å². The van der Waals surface area contributed by atoms with Crippen LogP contribution in [0.4, 0.5) is 5.69 Å². The second-order valence-electron chi connectivity index (χ2n) is 6.26. The van der Waals surface area contributed by atoms with Gasteiger partial charge >= 0.3 is 0 Å². The minimum absolute atomic E-state index is 0.293. The number of amides is 2. The molecule has 0 saturated carbocycles. The lowest BCUT2D eigenvalue weighted by atomic mass is 10.1. The van der Waals surface area contributed by atoms with Crippen LogP contribution in [0.3, 0.4) is 0 Å². The first kappa shape index (κ1) is 16.1. The molecule has 4 heteroatoms. The topological polar surface area (TPSA) is 46.6 Å². The van der Waals surface area contributed by atoms with Gasteiger partial charge in [-0.3, -0.25) is 9.59 Å². The van der Waals surface area contributed by atoms with Gasteiger partial charge in [-0.1, -0.05) is 42.0 Å². The quantitative estimate of drug-likeness (QED) is 0.661. The van der Waals surface area contributed by atoms with Gasteiger partial charge in [0.15, 0.2) is 0 Å². The van der Waals surface area contributed by atoms with E-state index in [0.717, 1.165) is 5.56 Å². The SMILES string of the molecule is Cc1ccc(COc2ccc(N3C(=O)c4ccccc4C3=O)cc2)cc1. The smallest absolute Gasteiger partial charge is 0.266 e. The molecule has 4 nitrogen and oxygen atoms in total. The molecule has 2 amide bonds. The zero-order chi connectivity index (χ0) is 18.1. The predicted octanol–water partition coefficient (Wildman–Crippen LogP) is 4.37. The third-order valence-electron chi connectivity index (χ3n) is 4.42. The number of fused-ring (bicyclic) bond motifs is 1. The highest BCUT2D eigenvalue weighted by Crippen LogP contribution is 2.29. The number of carbonyl (C=O) groups is 2. The summed E-state index contributed by atoms with van der Waals surface area (Å²) in [6.45, 7) is 2.51. The molecule has 26 heavy (non-hydrogen) atoms. The van der Waals surface area contributed by atoms with Crippen LogP contribution in [0.2, 0.25) is 0 Å². The van der Waals surface area contributed by atoms with Gasteiger partial charge in [-0.2, -0.15) is 0 Å². The van der Waals surface area contributed by atoms with Crippen LogP contribution in [0.15, 0.2) is 72.8 Å². The first-order chi connectivity index (χ1) is 12.6. The van der Waals surface area contributed by atoms with Crippen molar-refractivity contribution in [2.24, 2.45) is 0 Å². The highest BCUT2D eigenvalue weighted by Gasteiger charge is 2.36. The number of benzene rings is 3. The van der Waals surface area contributed by atoms with Crippen LogP contribution >= 0.6 is 0 Å². The molecule has 0 saturated heterocycles. The van der Waals surface area contributed by atoms with Crippen molar-refractivity contribution in [1.82, 2.24) is 0 Å². The van der Waals surface area contributed by atoms with E-state index < -0.39 is 0 Å². The molecule has 0 unspecified atom stereocenters. The third-order valence-corrected chi connectivity index (χ3v) is 4.42. The Morgan fingerprint density at radius 1 is 0.769 bits per heavy atom. The highest BCUT2D eigenvalue weighted by molar-refractivity contribution is 6.34. The lowest BCUT2D eigenvalue weighted by molar-refractivity contribution is 0.0926. The predicted molar refractivity (Wildman–Crippen MR) is 99.5 cm³/mol. The largest absolute Gasteiger partial charge is 0.489 e. The number of imide groups is 1.